The molecule has 0 bridgehead atoms. The number of benzene rings is 2. The fourth-order valence-electron chi connectivity index (χ4n) is 3.32. The van der Waals surface area contributed by atoms with Gasteiger partial charge in [0.15, 0.2) is 0 Å². The smallest absolute Gasteiger partial charge is 0.269 e. The summed E-state index contributed by atoms with van der Waals surface area (Å²) in [5.74, 6) is -0.267. The van der Waals surface area contributed by atoms with Gasteiger partial charge in [-0.3, -0.25) is 14.9 Å². The molecule has 0 radical (unpaired) electrons. The molecule has 160 valence electrons. The van der Waals surface area contributed by atoms with Gasteiger partial charge < -0.3 is 4.90 Å². The largest absolute Gasteiger partial charge is 0.336 e. The van der Waals surface area contributed by atoms with Crippen LogP contribution in [-0.2, 0) is 15.4 Å². The van der Waals surface area contributed by atoms with E-state index < -0.39 is 14.9 Å². The number of hydrogen-bond acceptors (Lipinski definition) is 5. The summed E-state index contributed by atoms with van der Waals surface area (Å²) in [4.78, 5) is 24.7. The third-order valence-electron chi connectivity index (χ3n) is 5.21. The number of piperazine rings is 1. The number of nitrogens with zero attached hydrogens (tertiary/aromatic N) is 3. The van der Waals surface area contributed by atoms with Crippen LogP contribution in [0, 0.1) is 10.1 Å². The van der Waals surface area contributed by atoms with Gasteiger partial charge in [0.2, 0.25) is 10.0 Å². The molecule has 2 aromatic rings. The van der Waals surface area contributed by atoms with E-state index in [0.29, 0.717) is 5.56 Å². The number of carbonyl (C=O) groups excluding carboxylic acids is 1. The maximum Gasteiger partial charge on any atom is 0.269 e. The minimum absolute atomic E-state index is 0.0633. The number of hydrogen-bond donors (Lipinski definition) is 0. The second-order valence-electron chi connectivity index (χ2n) is 8.27. The molecule has 1 heterocycles. The van der Waals surface area contributed by atoms with E-state index in [4.69, 9.17) is 0 Å². The summed E-state index contributed by atoms with van der Waals surface area (Å²) < 4.78 is 27.3. The molecule has 1 aliphatic heterocycles. The molecule has 2 aromatic carbocycles. The van der Waals surface area contributed by atoms with E-state index in [-0.39, 0.29) is 48.1 Å². The van der Waals surface area contributed by atoms with Crippen molar-refractivity contribution in [1.82, 2.24) is 9.21 Å². The van der Waals surface area contributed by atoms with Crippen molar-refractivity contribution in [3.63, 3.8) is 0 Å². The van der Waals surface area contributed by atoms with Gasteiger partial charge in [-0.25, -0.2) is 8.42 Å². The highest BCUT2D eigenvalue weighted by atomic mass is 32.2. The fourth-order valence-corrected chi connectivity index (χ4v) is 4.74. The van der Waals surface area contributed by atoms with Crippen molar-refractivity contribution in [2.75, 3.05) is 26.2 Å². The lowest BCUT2D eigenvalue weighted by Gasteiger charge is -2.34. The van der Waals surface area contributed by atoms with Gasteiger partial charge in [-0.2, -0.15) is 4.31 Å². The molecule has 1 aliphatic rings. The number of non-ortho nitro benzene ring substituents is 1. The average Bonchev–Trinajstić information content (AvgIpc) is 2.73. The molecule has 0 spiro atoms. The Bertz CT molecular complexity index is 1030. The highest BCUT2D eigenvalue weighted by Crippen LogP contribution is 2.25. The molecule has 1 saturated heterocycles. The summed E-state index contributed by atoms with van der Waals surface area (Å²) in [7, 11) is -3.63. The number of nitro groups is 1. The van der Waals surface area contributed by atoms with Crippen molar-refractivity contribution in [3.8, 4) is 0 Å². The first kappa shape index (κ1) is 21.9. The summed E-state index contributed by atoms with van der Waals surface area (Å²) in [6.45, 7) is 7.11. The quantitative estimate of drug-likeness (QED) is 0.547. The topological polar surface area (TPSA) is 101 Å². The molecule has 9 heteroatoms. The summed E-state index contributed by atoms with van der Waals surface area (Å²) in [6, 6.07) is 12.3. The van der Waals surface area contributed by atoms with Crippen LogP contribution in [0.2, 0.25) is 0 Å². The highest BCUT2D eigenvalue weighted by Gasteiger charge is 2.30. The zero-order chi connectivity index (χ0) is 22.1. The summed E-state index contributed by atoms with van der Waals surface area (Å²) in [6.07, 6.45) is 0. The lowest BCUT2D eigenvalue weighted by atomic mass is 9.87. The Labute approximate surface area is 176 Å². The molecule has 0 N–H and O–H groups in total. The molecule has 8 nitrogen and oxygen atoms in total. The van der Waals surface area contributed by atoms with Crippen molar-refractivity contribution >= 4 is 21.6 Å². The van der Waals surface area contributed by atoms with Gasteiger partial charge in [-0.05, 0) is 35.2 Å². The predicted octanol–water partition coefficient (Wildman–Crippen LogP) is 3.04. The predicted molar refractivity (Wildman–Crippen MR) is 113 cm³/mol. The van der Waals surface area contributed by atoms with E-state index in [1.54, 1.807) is 17.0 Å². The van der Waals surface area contributed by atoms with E-state index in [1.165, 1.54) is 28.6 Å². The van der Waals surface area contributed by atoms with Crippen LogP contribution < -0.4 is 0 Å². The van der Waals surface area contributed by atoms with Crippen molar-refractivity contribution in [3.05, 3.63) is 69.8 Å². The first-order valence-corrected chi connectivity index (χ1v) is 11.1. The van der Waals surface area contributed by atoms with Gasteiger partial charge in [-0.1, -0.05) is 32.9 Å². The van der Waals surface area contributed by atoms with Crippen LogP contribution >= 0.6 is 0 Å². The van der Waals surface area contributed by atoms with E-state index in [9.17, 15) is 23.3 Å². The van der Waals surface area contributed by atoms with Crippen LogP contribution in [0.5, 0.6) is 0 Å². The Morgan fingerprint density at radius 1 is 0.933 bits per heavy atom. The van der Waals surface area contributed by atoms with Gasteiger partial charge in [0, 0.05) is 43.9 Å². The second-order valence-corrected chi connectivity index (χ2v) is 10.2. The van der Waals surface area contributed by atoms with Crippen LogP contribution in [0.15, 0.2) is 53.4 Å². The summed E-state index contributed by atoms with van der Waals surface area (Å²) >= 11 is 0. The zero-order valence-electron chi connectivity index (χ0n) is 17.2. The van der Waals surface area contributed by atoms with Gasteiger partial charge in [0.1, 0.15) is 0 Å². The number of amides is 1. The number of rotatable bonds is 4. The van der Waals surface area contributed by atoms with E-state index in [0.717, 1.165) is 5.56 Å². The molecule has 1 fully saturated rings. The third-order valence-corrected chi connectivity index (χ3v) is 7.12. The molecule has 0 aliphatic carbocycles. The van der Waals surface area contributed by atoms with Crippen molar-refractivity contribution in [2.24, 2.45) is 0 Å². The standard InChI is InChI=1S/C21H25N3O5S/c1-21(2,3)17-6-10-19(11-7-17)30(28,29)23-14-12-22(13-15-23)20(25)16-4-8-18(9-5-16)24(26)27/h4-11H,12-15H2,1-3H3. The molecular weight excluding hydrogens is 406 g/mol. The van der Waals surface area contributed by atoms with Crippen molar-refractivity contribution in [1.29, 1.82) is 0 Å². The van der Waals surface area contributed by atoms with Crippen LogP contribution in [0.25, 0.3) is 0 Å². The minimum Gasteiger partial charge on any atom is -0.336 e. The highest BCUT2D eigenvalue weighted by molar-refractivity contribution is 7.89. The van der Waals surface area contributed by atoms with E-state index >= 15 is 0 Å². The minimum atomic E-state index is -3.63. The first-order chi connectivity index (χ1) is 14.0. The van der Waals surface area contributed by atoms with Crippen LogP contribution in [-0.4, -0.2) is 54.6 Å². The Morgan fingerprint density at radius 3 is 1.93 bits per heavy atom. The Kier molecular flexibility index (Phi) is 5.96. The van der Waals surface area contributed by atoms with Gasteiger partial charge in [-0.15, -0.1) is 0 Å². The number of carbonyl (C=O) groups is 1. The molecule has 30 heavy (non-hydrogen) atoms. The van der Waals surface area contributed by atoms with Crippen LogP contribution in [0.1, 0.15) is 36.7 Å². The normalized spacial score (nSPS) is 15.8. The number of nitro benzene ring substituents is 1. The van der Waals surface area contributed by atoms with Gasteiger partial charge >= 0.3 is 0 Å². The molecular formula is C21H25N3O5S. The molecule has 0 atom stereocenters. The summed E-state index contributed by atoms with van der Waals surface area (Å²) in [5, 5.41) is 10.7. The Hall–Kier alpha value is -2.78. The van der Waals surface area contributed by atoms with Crippen LogP contribution in [0.3, 0.4) is 0 Å². The van der Waals surface area contributed by atoms with Gasteiger partial charge in [0.25, 0.3) is 11.6 Å². The van der Waals surface area contributed by atoms with Crippen LogP contribution in [0.4, 0.5) is 5.69 Å². The Balaban J connectivity index is 1.66. The molecule has 0 unspecified atom stereocenters. The fraction of sp³-hybridized carbons (Fsp3) is 0.381. The maximum atomic E-state index is 13.0. The second kappa shape index (κ2) is 8.16. The lowest BCUT2D eigenvalue weighted by Crippen LogP contribution is -2.50. The Morgan fingerprint density at radius 2 is 1.47 bits per heavy atom. The van der Waals surface area contributed by atoms with Crippen molar-refractivity contribution < 1.29 is 18.1 Å². The lowest BCUT2D eigenvalue weighted by molar-refractivity contribution is -0.384. The maximum absolute atomic E-state index is 13.0. The molecule has 1 amide bonds. The monoisotopic (exact) mass is 431 g/mol. The molecule has 0 aromatic heterocycles. The molecule has 0 saturated carbocycles. The third kappa shape index (κ3) is 4.52. The first-order valence-electron chi connectivity index (χ1n) is 9.64. The number of sulfonamides is 1. The molecule has 3 rings (SSSR count). The zero-order valence-corrected chi connectivity index (χ0v) is 18.1. The SMILES string of the molecule is CC(C)(C)c1ccc(S(=O)(=O)N2CCN(C(=O)c3ccc([N+](=O)[O-])cc3)CC2)cc1. The van der Waals surface area contributed by atoms with E-state index in [2.05, 4.69) is 20.8 Å². The van der Waals surface area contributed by atoms with E-state index in [1.807, 2.05) is 12.1 Å². The van der Waals surface area contributed by atoms with Gasteiger partial charge in [0.05, 0.1) is 9.82 Å². The average molecular weight is 432 g/mol. The summed E-state index contributed by atoms with van der Waals surface area (Å²) in [5.41, 5.74) is 1.25. The van der Waals surface area contributed by atoms with Crippen molar-refractivity contribution in [2.45, 2.75) is 31.1 Å².